The number of aryl methyl sites for hydroxylation is 1. The van der Waals surface area contributed by atoms with Crippen LogP contribution in [0.1, 0.15) is 11.4 Å². The van der Waals surface area contributed by atoms with Gasteiger partial charge in [0.15, 0.2) is 0 Å². The fourth-order valence-electron chi connectivity index (χ4n) is 1.48. The molecule has 0 amide bonds. The van der Waals surface area contributed by atoms with Crippen molar-refractivity contribution in [1.82, 2.24) is 9.97 Å². The van der Waals surface area contributed by atoms with Crippen molar-refractivity contribution < 1.29 is 0 Å². The summed E-state index contributed by atoms with van der Waals surface area (Å²) in [5, 5.41) is 0.543. The second-order valence-electron chi connectivity index (χ2n) is 3.42. The normalized spacial score (nSPS) is 10.6. The lowest BCUT2D eigenvalue weighted by atomic mass is 10.1. The number of aromatic amines is 1. The predicted molar refractivity (Wildman–Crippen MR) is 61.7 cm³/mol. The first-order chi connectivity index (χ1) is 7.20. The van der Waals surface area contributed by atoms with E-state index in [4.69, 9.17) is 17.3 Å². The van der Waals surface area contributed by atoms with Crippen LogP contribution in [0.15, 0.2) is 24.3 Å². The molecule has 0 unspecified atom stereocenters. The lowest BCUT2D eigenvalue weighted by molar-refractivity contribution is 0.951. The summed E-state index contributed by atoms with van der Waals surface area (Å²) in [5.74, 6) is 0.705. The number of halogens is 1. The first kappa shape index (κ1) is 10.2. The number of hydrogen-bond donors (Lipinski definition) is 2. The van der Waals surface area contributed by atoms with Crippen molar-refractivity contribution in [2.24, 2.45) is 5.73 Å². The Kier molecular flexibility index (Phi) is 2.75. The fourth-order valence-corrected chi connectivity index (χ4v) is 1.74. The van der Waals surface area contributed by atoms with Crippen LogP contribution in [0.2, 0.25) is 5.15 Å². The smallest absolute Gasteiger partial charge is 0.134 e. The topological polar surface area (TPSA) is 54.7 Å². The SMILES string of the molecule is Cc1cccc(-c2nc(CN)[nH]c2Cl)c1. The summed E-state index contributed by atoms with van der Waals surface area (Å²) >= 11 is 6.04. The highest BCUT2D eigenvalue weighted by Gasteiger charge is 2.09. The number of nitrogens with two attached hydrogens (primary N) is 1. The number of benzene rings is 1. The van der Waals surface area contributed by atoms with E-state index in [0.717, 1.165) is 11.3 Å². The second kappa shape index (κ2) is 4.04. The summed E-state index contributed by atoms with van der Waals surface area (Å²) < 4.78 is 0. The maximum atomic E-state index is 6.04. The molecule has 3 N–H and O–H groups in total. The predicted octanol–water partition coefficient (Wildman–Crippen LogP) is 2.50. The Morgan fingerprint density at radius 1 is 1.47 bits per heavy atom. The van der Waals surface area contributed by atoms with Crippen molar-refractivity contribution in [1.29, 1.82) is 0 Å². The zero-order valence-corrected chi connectivity index (χ0v) is 9.17. The number of aromatic nitrogens is 2. The quantitative estimate of drug-likeness (QED) is 0.819. The van der Waals surface area contributed by atoms with E-state index in [-0.39, 0.29) is 0 Å². The van der Waals surface area contributed by atoms with E-state index in [1.54, 1.807) is 0 Å². The third kappa shape index (κ3) is 2.03. The molecule has 2 rings (SSSR count). The summed E-state index contributed by atoms with van der Waals surface area (Å²) in [6, 6.07) is 8.05. The second-order valence-corrected chi connectivity index (χ2v) is 3.80. The van der Waals surface area contributed by atoms with Gasteiger partial charge < -0.3 is 10.7 Å². The summed E-state index contributed by atoms with van der Waals surface area (Å²) in [4.78, 5) is 7.27. The van der Waals surface area contributed by atoms with Gasteiger partial charge in [0.1, 0.15) is 16.7 Å². The molecule has 4 heteroatoms. The highest BCUT2D eigenvalue weighted by atomic mass is 35.5. The van der Waals surface area contributed by atoms with Crippen LogP contribution in [0.4, 0.5) is 0 Å². The minimum atomic E-state index is 0.367. The Labute approximate surface area is 93.3 Å². The van der Waals surface area contributed by atoms with Gasteiger partial charge in [0, 0.05) is 5.56 Å². The Morgan fingerprint density at radius 3 is 2.87 bits per heavy atom. The largest absolute Gasteiger partial charge is 0.331 e. The molecular weight excluding hydrogens is 210 g/mol. The fraction of sp³-hybridized carbons (Fsp3) is 0.182. The third-order valence-electron chi connectivity index (χ3n) is 2.19. The molecule has 0 radical (unpaired) electrons. The van der Waals surface area contributed by atoms with Crippen molar-refractivity contribution in [2.45, 2.75) is 13.5 Å². The van der Waals surface area contributed by atoms with Gasteiger partial charge in [0.25, 0.3) is 0 Å². The molecule has 15 heavy (non-hydrogen) atoms. The van der Waals surface area contributed by atoms with Crippen LogP contribution in [0.25, 0.3) is 11.3 Å². The molecule has 0 aliphatic carbocycles. The molecule has 0 spiro atoms. The third-order valence-corrected chi connectivity index (χ3v) is 2.47. The first-order valence-corrected chi connectivity index (χ1v) is 5.10. The summed E-state index contributed by atoms with van der Waals surface area (Å²) in [6.45, 7) is 2.40. The Hall–Kier alpha value is -1.32. The molecule has 1 heterocycles. The number of imidazole rings is 1. The molecule has 0 aliphatic rings. The lowest BCUT2D eigenvalue weighted by Gasteiger charge is -1.98. The van der Waals surface area contributed by atoms with Crippen LogP contribution in [-0.4, -0.2) is 9.97 Å². The summed E-state index contributed by atoms with van der Waals surface area (Å²) in [6.07, 6.45) is 0. The van der Waals surface area contributed by atoms with Crippen LogP contribution >= 0.6 is 11.6 Å². The monoisotopic (exact) mass is 221 g/mol. The molecule has 1 aromatic heterocycles. The molecule has 78 valence electrons. The van der Waals surface area contributed by atoms with Gasteiger partial charge in [0.05, 0.1) is 6.54 Å². The standard InChI is InChI=1S/C11H12ClN3/c1-7-3-2-4-8(5-7)10-11(12)15-9(6-13)14-10/h2-5H,6,13H2,1H3,(H,14,15). The number of nitrogens with one attached hydrogen (secondary N) is 1. The highest BCUT2D eigenvalue weighted by Crippen LogP contribution is 2.25. The van der Waals surface area contributed by atoms with Crippen LogP contribution in [0, 0.1) is 6.92 Å². The lowest BCUT2D eigenvalue weighted by Crippen LogP contribution is -1.97. The minimum Gasteiger partial charge on any atom is -0.331 e. The van der Waals surface area contributed by atoms with Crippen molar-refractivity contribution in [3.8, 4) is 11.3 Å². The molecule has 0 saturated carbocycles. The Morgan fingerprint density at radius 2 is 2.27 bits per heavy atom. The molecular formula is C11H12ClN3. The maximum Gasteiger partial charge on any atom is 0.134 e. The molecule has 0 saturated heterocycles. The average Bonchev–Trinajstić information content (AvgIpc) is 2.60. The number of rotatable bonds is 2. The van der Waals surface area contributed by atoms with Crippen molar-refractivity contribution in [3.05, 3.63) is 40.8 Å². The van der Waals surface area contributed by atoms with Crippen LogP contribution in [0.5, 0.6) is 0 Å². The van der Waals surface area contributed by atoms with Gasteiger partial charge in [-0.3, -0.25) is 0 Å². The zero-order chi connectivity index (χ0) is 10.8. The number of H-pyrrole nitrogens is 1. The first-order valence-electron chi connectivity index (χ1n) is 4.72. The summed E-state index contributed by atoms with van der Waals surface area (Å²) in [5.41, 5.74) is 8.44. The van der Waals surface area contributed by atoms with Gasteiger partial charge in [-0.05, 0) is 13.0 Å². The van der Waals surface area contributed by atoms with Crippen molar-refractivity contribution in [2.75, 3.05) is 0 Å². The Balaban J connectivity index is 2.48. The van der Waals surface area contributed by atoms with Gasteiger partial charge in [-0.2, -0.15) is 0 Å². The van der Waals surface area contributed by atoms with Crippen LogP contribution < -0.4 is 5.73 Å². The van der Waals surface area contributed by atoms with Crippen LogP contribution in [0.3, 0.4) is 0 Å². The van der Waals surface area contributed by atoms with Gasteiger partial charge in [-0.25, -0.2) is 4.98 Å². The van der Waals surface area contributed by atoms with Crippen molar-refractivity contribution >= 4 is 11.6 Å². The maximum absolute atomic E-state index is 6.04. The molecule has 0 aliphatic heterocycles. The zero-order valence-electron chi connectivity index (χ0n) is 8.42. The molecule has 0 bridgehead atoms. The van der Waals surface area contributed by atoms with Gasteiger partial charge in [-0.15, -0.1) is 0 Å². The number of hydrogen-bond acceptors (Lipinski definition) is 2. The van der Waals surface area contributed by atoms with E-state index < -0.39 is 0 Å². The van der Waals surface area contributed by atoms with E-state index in [1.807, 2.05) is 31.2 Å². The van der Waals surface area contributed by atoms with E-state index >= 15 is 0 Å². The van der Waals surface area contributed by atoms with E-state index in [1.165, 1.54) is 5.56 Å². The van der Waals surface area contributed by atoms with Crippen molar-refractivity contribution in [3.63, 3.8) is 0 Å². The van der Waals surface area contributed by atoms with Gasteiger partial charge in [-0.1, -0.05) is 35.4 Å². The van der Waals surface area contributed by atoms with E-state index in [2.05, 4.69) is 9.97 Å². The molecule has 0 fully saturated rings. The summed E-state index contributed by atoms with van der Waals surface area (Å²) in [7, 11) is 0. The van der Waals surface area contributed by atoms with Gasteiger partial charge in [0.2, 0.25) is 0 Å². The van der Waals surface area contributed by atoms with E-state index in [9.17, 15) is 0 Å². The average molecular weight is 222 g/mol. The van der Waals surface area contributed by atoms with E-state index in [0.29, 0.717) is 17.5 Å². The molecule has 0 atom stereocenters. The Bertz CT molecular complexity index is 476. The van der Waals surface area contributed by atoms with Gasteiger partial charge >= 0.3 is 0 Å². The molecule has 1 aromatic carbocycles. The molecule has 3 nitrogen and oxygen atoms in total. The minimum absolute atomic E-state index is 0.367. The number of nitrogens with zero attached hydrogens (tertiary/aromatic N) is 1. The molecule has 2 aromatic rings. The van der Waals surface area contributed by atoms with Crippen LogP contribution in [-0.2, 0) is 6.54 Å². The highest BCUT2D eigenvalue weighted by molar-refractivity contribution is 6.31.